The number of alkyl halides is 1. The monoisotopic (exact) mass is 228 g/mol. The largest absolute Gasteiger partial charge is 0.388 e. The van der Waals surface area contributed by atoms with Gasteiger partial charge in [0.15, 0.2) is 0 Å². The number of halogens is 1. The first-order chi connectivity index (χ1) is 7.68. The fourth-order valence-corrected chi connectivity index (χ4v) is 2.17. The number of ether oxygens (including phenoxy) is 1. The van der Waals surface area contributed by atoms with Gasteiger partial charge >= 0.3 is 0 Å². The zero-order valence-corrected chi connectivity index (χ0v) is 9.10. The molecule has 0 aromatic carbocycles. The van der Waals surface area contributed by atoms with Crippen LogP contribution in [-0.2, 0) is 4.74 Å². The molecule has 90 valence electrons. The molecule has 0 aromatic rings. The maximum absolute atomic E-state index is 13.4. The molecule has 1 saturated carbocycles. The second-order valence-corrected chi connectivity index (χ2v) is 4.51. The summed E-state index contributed by atoms with van der Waals surface area (Å²) in [6.45, 7) is 0.101. The Kier molecular flexibility index (Phi) is 3.80. The van der Waals surface area contributed by atoms with Crippen LogP contribution in [0.4, 0.5) is 4.39 Å². The highest BCUT2D eigenvalue weighted by atomic mass is 19.1. The van der Waals surface area contributed by atoms with Crippen molar-refractivity contribution in [2.45, 2.75) is 50.2 Å². The lowest BCUT2D eigenvalue weighted by molar-refractivity contribution is 0.0446. The van der Waals surface area contributed by atoms with Crippen molar-refractivity contribution in [3.8, 4) is 11.8 Å². The fourth-order valence-electron chi connectivity index (χ4n) is 2.17. The second-order valence-electron chi connectivity index (χ2n) is 4.51. The molecule has 0 radical (unpaired) electrons. The van der Waals surface area contributed by atoms with Crippen LogP contribution in [0.3, 0.4) is 0 Å². The molecule has 4 heteroatoms. The smallest absolute Gasteiger partial charge is 0.146 e. The highest BCUT2D eigenvalue weighted by Gasteiger charge is 2.33. The van der Waals surface area contributed by atoms with Crippen LogP contribution in [0, 0.1) is 17.8 Å². The summed E-state index contributed by atoms with van der Waals surface area (Å²) >= 11 is 0. The van der Waals surface area contributed by atoms with Gasteiger partial charge in [0, 0.05) is 0 Å². The summed E-state index contributed by atoms with van der Waals surface area (Å²) in [5.74, 6) is 5.35. The molecule has 0 amide bonds. The van der Waals surface area contributed by atoms with Crippen LogP contribution in [0.25, 0.3) is 0 Å². The summed E-state index contributed by atoms with van der Waals surface area (Å²) in [6.07, 6.45) is -0.0537. The van der Waals surface area contributed by atoms with E-state index in [0.717, 1.165) is 19.3 Å². The Morgan fingerprint density at radius 3 is 2.50 bits per heavy atom. The molecule has 1 aliphatic heterocycles. The van der Waals surface area contributed by atoms with Gasteiger partial charge in [0.05, 0.1) is 12.5 Å². The Bertz CT molecular complexity index is 288. The molecule has 2 rings (SSSR count). The Hall–Kier alpha value is -0.630. The SMILES string of the molecule is OC1COC(C#CC2CCCCC2F)C1O. The molecule has 5 atom stereocenters. The molecule has 0 aromatic heterocycles. The number of aliphatic hydroxyl groups excluding tert-OH is 2. The van der Waals surface area contributed by atoms with Gasteiger partial charge in [-0.05, 0) is 12.8 Å². The van der Waals surface area contributed by atoms with Crippen LogP contribution < -0.4 is 0 Å². The van der Waals surface area contributed by atoms with Crippen molar-refractivity contribution in [2.24, 2.45) is 5.92 Å². The predicted molar refractivity (Wildman–Crippen MR) is 56.4 cm³/mol. The molecule has 0 bridgehead atoms. The lowest BCUT2D eigenvalue weighted by atomic mass is 9.88. The summed E-state index contributed by atoms with van der Waals surface area (Å²) in [4.78, 5) is 0. The maximum Gasteiger partial charge on any atom is 0.146 e. The highest BCUT2D eigenvalue weighted by Crippen LogP contribution is 2.26. The van der Waals surface area contributed by atoms with E-state index in [0.29, 0.717) is 6.42 Å². The first-order valence-electron chi connectivity index (χ1n) is 5.81. The Balaban J connectivity index is 1.93. The van der Waals surface area contributed by atoms with E-state index in [9.17, 15) is 14.6 Å². The molecule has 0 spiro atoms. The molecule has 3 nitrogen and oxygen atoms in total. The van der Waals surface area contributed by atoms with E-state index < -0.39 is 24.5 Å². The predicted octanol–water partition coefficient (Wildman–Crippen LogP) is 0.639. The number of aliphatic hydroxyl groups is 2. The Morgan fingerprint density at radius 2 is 1.88 bits per heavy atom. The molecule has 5 unspecified atom stereocenters. The van der Waals surface area contributed by atoms with Gasteiger partial charge in [-0.1, -0.05) is 24.7 Å². The average molecular weight is 228 g/mol. The zero-order chi connectivity index (χ0) is 11.5. The van der Waals surface area contributed by atoms with Crippen molar-refractivity contribution in [3.63, 3.8) is 0 Å². The van der Waals surface area contributed by atoms with E-state index in [1.807, 2.05) is 0 Å². The van der Waals surface area contributed by atoms with Crippen LogP contribution in [0.1, 0.15) is 25.7 Å². The van der Waals surface area contributed by atoms with Gasteiger partial charge in [-0.25, -0.2) is 4.39 Å². The number of hydrogen-bond donors (Lipinski definition) is 2. The summed E-state index contributed by atoms with van der Waals surface area (Å²) in [6, 6.07) is 0. The van der Waals surface area contributed by atoms with Gasteiger partial charge in [0.1, 0.15) is 24.5 Å². The lowest BCUT2D eigenvalue weighted by Gasteiger charge is -2.21. The minimum absolute atomic E-state index is 0.101. The van der Waals surface area contributed by atoms with Gasteiger partial charge in [-0.2, -0.15) is 0 Å². The summed E-state index contributed by atoms with van der Waals surface area (Å²) in [5.41, 5.74) is 0. The number of rotatable bonds is 0. The molecule has 1 aliphatic carbocycles. The lowest BCUT2D eigenvalue weighted by Crippen LogP contribution is -2.29. The second kappa shape index (κ2) is 5.13. The standard InChI is InChI=1S/C12H17FO3/c13-9-4-2-1-3-8(9)5-6-11-12(15)10(14)7-16-11/h8-12,14-15H,1-4,7H2. The third kappa shape index (κ3) is 2.54. The van der Waals surface area contributed by atoms with Gasteiger partial charge in [-0.3, -0.25) is 0 Å². The van der Waals surface area contributed by atoms with Crippen molar-refractivity contribution in [3.05, 3.63) is 0 Å². The molecule has 16 heavy (non-hydrogen) atoms. The van der Waals surface area contributed by atoms with E-state index >= 15 is 0 Å². The first kappa shape index (κ1) is 11.8. The van der Waals surface area contributed by atoms with Gasteiger partial charge in [0.25, 0.3) is 0 Å². The van der Waals surface area contributed by atoms with Crippen LogP contribution in [0.2, 0.25) is 0 Å². The van der Waals surface area contributed by atoms with E-state index in [4.69, 9.17) is 4.74 Å². The minimum atomic E-state index is -0.964. The third-order valence-corrected chi connectivity index (χ3v) is 3.24. The topological polar surface area (TPSA) is 49.7 Å². The fraction of sp³-hybridized carbons (Fsp3) is 0.833. The Labute approximate surface area is 94.6 Å². The van der Waals surface area contributed by atoms with Crippen LogP contribution in [-0.4, -0.2) is 41.3 Å². The van der Waals surface area contributed by atoms with E-state index in [1.54, 1.807) is 0 Å². The summed E-state index contributed by atoms with van der Waals surface area (Å²) < 4.78 is 18.5. The minimum Gasteiger partial charge on any atom is -0.388 e. The first-order valence-corrected chi connectivity index (χ1v) is 5.81. The van der Waals surface area contributed by atoms with Gasteiger partial charge in [0.2, 0.25) is 0 Å². The summed E-state index contributed by atoms with van der Waals surface area (Å²) in [7, 11) is 0. The van der Waals surface area contributed by atoms with Crippen molar-refractivity contribution in [1.29, 1.82) is 0 Å². The Morgan fingerprint density at radius 1 is 1.12 bits per heavy atom. The molecular formula is C12H17FO3. The quantitative estimate of drug-likeness (QED) is 0.598. The van der Waals surface area contributed by atoms with Crippen LogP contribution >= 0.6 is 0 Å². The average Bonchev–Trinajstić information content (AvgIpc) is 2.59. The molecule has 2 N–H and O–H groups in total. The van der Waals surface area contributed by atoms with Crippen LogP contribution in [0.15, 0.2) is 0 Å². The molecule has 2 aliphatic rings. The maximum atomic E-state index is 13.4. The van der Waals surface area contributed by atoms with Crippen LogP contribution in [0.5, 0.6) is 0 Å². The van der Waals surface area contributed by atoms with Crippen molar-refractivity contribution in [1.82, 2.24) is 0 Å². The normalized spacial score (nSPS) is 43.8. The molecule has 1 saturated heterocycles. The van der Waals surface area contributed by atoms with E-state index in [1.165, 1.54) is 0 Å². The van der Waals surface area contributed by atoms with E-state index in [2.05, 4.69) is 11.8 Å². The van der Waals surface area contributed by atoms with Crippen molar-refractivity contribution >= 4 is 0 Å². The third-order valence-electron chi connectivity index (χ3n) is 3.24. The number of hydrogen-bond acceptors (Lipinski definition) is 3. The molecule has 2 fully saturated rings. The molecule has 1 heterocycles. The molecular weight excluding hydrogens is 211 g/mol. The van der Waals surface area contributed by atoms with Crippen molar-refractivity contribution < 1.29 is 19.3 Å². The van der Waals surface area contributed by atoms with Crippen molar-refractivity contribution in [2.75, 3.05) is 6.61 Å². The van der Waals surface area contributed by atoms with Gasteiger partial charge in [-0.15, -0.1) is 0 Å². The van der Waals surface area contributed by atoms with Gasteiger partial charge < -0.3 is 14.9 Å². The zero-order valence-electron chi connectivity index (χ0n) is 9.10. The summed E-state index contributed by atoms with van der Waals surface area (Å²) in [5, 5.41) is 18.7. The highest BCUT2D eigenvalue weighted by molar-refractivity contribution is 5.14. The van der Waals surface area contributed by atoms with E-state index in [-0.39, 0.29) is 12.5 Å².